The SMILES string of the molecule is CS(=O)(=O)NCCOC(C(=O)Nc1cccnc1)c1cccc(Cl)c1. The number of carbonyl (C=O) groups excluding carboxylic acids is 1. The second-order valence-corrected chi connectivity index (χ2v) is 7.47. The number of rotatable bonds is 8. The summed E-state index contributed by atoms with van der Waals surface area (Å²) in [6.45, 7) is 0.0702. The second-order valence-electron chi connectivity index (χ2n) is 5.20. The summed E-state index contributed by atoms with van der Waals surface area (Å²) in [6, 6.07) is 10.1. The fourth-order valence-electron chi connectivity index (χ4n) is 2.04. The smallest absolute Gasteiger partial charge is 0.258 e. The molecule has 1 amide bonds. The first-order chi connectivity index (χ1) is 11.8. The van der Waals surface area contributed by atoms with Crippen LogP contribution in [0.25, 0.3) is 0 Å². The van der Waals surface area contributed by atoms with E-state index in [0.717, 1.165) is 6.26 Å². The number of anilines is 1. The van der Waals surface area contributed by atoms with Gasteiger partial charge in [-0.3, -0.25) is 9.78 Å². The summed E-state index contributed by atoms with van der Waals surface area (Å²) in [4.78, 5) is 16.5. The maximum absolute atomic E-state index is 12.6. The van der Waals surface area contributed by atoms with E-state index in [-0.39, 0.29) is 13.2 Å². The van der Waals surface area contributed by atoms with E-state index in [2.05, 4.69) is 15.0 Å². The molecule has 0 saturated heterocycles. The molecule has 134 valence electrons. The molecule has 0 fully saturated rings. The molecule has 0 saturated carbocycles. The molecule has 0 aliphatic heterocycles. The quantitative estimate of drug-likeness (QED) is 0.679. The fraction of sp³-hybridized carbons (Fsp3) is 0.250. The summed E-state index contributed by atoms with van der Waals surface area (Å²) < 4.78 is 30.1. The van der Waals surface area contributed by atoms with Crippen molar-refractivity contribution in [2.45, 2.75) is 6.10 Å². The highest BCUT2D eigenvalue weighted by Gasteiger charge is 2.22. The normalized spacial score (nSPS) is 12.6. The van der Waals surface area contributed by atoms with Gasteiger partial charge in [-0.25, -0.2) is 13.1 Å². The number of ether oxygens (including phenoxy) is 1. The van der Waals surface area contributed by atoms with Crippen LogP contribution in [0, 0.1) is 0 Å². The first-order valence-corrected chi connectivity index (χ1v) is 9.65. The number of hydrogen-bond acceptors (Lipinski definition) is 5. The average molecular weight is 384 g/mol. The van der Waals surface area contributed by atoms with Crippen molar-refractivity contribution in [2.24, 2.45) is 0 Å². The van der Waals surface area contributed by atoms with Gasteiger partial charge >= 0.3 is 0 Å². The van der Waals surface area contributed by atoms with Gasteiger partial charge in [0.15, 0.2) is 6.10 Å². The molecular weight excluding hydrogens is 366 g/mol. The molecule has 1 aromatic carbocycles. The number of sulfonamides is 1. The lowest BCUT2D eigenvalue weighted by atomic mass is 10.1. The zero-order chi connectivity index (χ0) is 18.3. The molecule has 1 aromatic heterocycles. The Balaban J connectivity index is 2.09. The van der Waals surface area contributed by atoms with E-state index in [1.807, 2.05) is 0 Å². The number of halogens is 1. The lowest BCUT2D eigenvalue weighted by Crippen LogP contribution is -2.29. The van der Waals surface area contributed by atoms with Gasteiger partial charge in [-0.1, -0.05) is 23.7 Å². The predicted octanol–water partition coefficient (Wildman–Crippen LogP) is 1.98. The number of hydrogen-bond donors (Lipinski definition) is 2. The Morgan fingerprint density at radius 1 is 1.32 bits per heavy atom. The minimum atomic E-state index is -3.32. The van der Waals surface area contributed by atoms with Gasteiger partial charge in [0, 0.05) is 17.8 Å². The molecule has 2 N–H and O–H groups in total. The number of carbonyl (C=O) groups is 1. The Kier molecular flexibility index (Phi) is 6.89. The van der Waals surface area contributed by atoms with Crippen molar-refractivity contribution in [3.05, 3.63) is 59.4 Å². The van der Waals surface area contributed by atoms with E-state index in [9.17, 15) is 13.2 Å². The van der Waals surface area contributed by atoms with Crippen LogP contribution in [0.3, 0.4) is 0 Å². The van der Waals surface area contributed by atoms with Gasteiger partial charge in [-0.05, 0) is 29.8 Å². The molecule has 2 aromatic rings. The minimum absolute atomic E-state index is 0.0186. The van der Waals surface area contributed by atoms with E-state index in [1.54, 1.807) is 42.6 Å². The lowest BCUT2D eigenvalue weighted by Gasteiger charge is -2.18. The van der Waals surface area contributed by atoms with Gasteiger partial charge in [-0.2, -0.15) is 0 Å². The second kappa shape index (κ2) is 8.91. The molecular formula is C16H18ClN3O4S. The molecule has 25 heavy (non-hydrogen) atoms. The van der Waals surface area contributed by atoms with Gasteiger partial charge in [-0.15, -0.1) is 0 Å². The van der Waals surface area contributed by atoms with Crippen LogP contribution in [0.5, 0.6) is 0 Å². The van der Waals surface area contributed by atoms with Crippen LogP contribution in [-0.2, 0) is 19.6 Å². The van der Waals surface area contributed by atoms with Crippen LogP contribution in [0.1, 0.15) is 11.7 Å². The minimum Gasteiger partial charge on any atom is -0.362 e. The van der Waals surface area contributed by atoms with Gasteiger partial charge in [0.05, 0.1) is 24.7 Å². The number of amides is 1. The molecule has 0 aliphatic rings. The third-order valence-electron chi connectivity index (χ3n) is 3.07. The maximum Gasteiger partial charge on any atom is 0.258 e. The molecule has 9 heteroatoms. The number of aromatic nitrogens is 1. The number of nitrogens with zero attached hydrogens (tertiary/aromatic N) is 1. The zero-order valence-electron chi connectivity index (χ0n) is 13.5. The molecule has 0 spiro atoms. The van der Waals surface area contributed by atoms with Crippen molar-refractivity contribution in [3.63, 3.8) is 0 Å². The van der Waals surface area contributed by atoms with Crippen LogP contribution in [0.4, 0.5) is 5.69 Å². The third-order valence-corrected chi connectivity index (χ3v) is 4.03. The highest BCUT2D eigenvalue weighted by Crippen LogP contribution is 2.22. The largest absolute Gasteiger partial charge is 0.362 e. The standard InChI is InChI=1S/C16H18ClN3O4S/c1-25(22,23)19-8-9-24-15(12-4-2-5-13(17)10-12)16(21)20-14-6-3-7-18-11-14/h2-7,10-11,15,19H,8-9H2,1H3,(H,20,21). The first kappa shape index (κ1) is 19.3. The monoisotopic (exact) mass is 383 g/mol. The Hall–Kier alpha value is -2.00. The van der Waals surface area contributed by atoms with Crippen LogP contribution in [0.2, 0.25) is 5.02 Å². The number of nitrogens with one attached hydrogen (secondary N) is 2. The summed E-state index contributed by atoms with van der Waals surface area (Å²) in [5.74, 6) is -0.408. The van der Waals surface area contributed by atoms with E-state index in [1.165, 1.54) is 6.20 Å². The Bertz CT molecular complexity index is 815. The van der Waals surface area contributed by atoms with Crippen molar-refractivity contribution in [2.75, 3.05) is 24.7 Å². The summed E-state index contributed by atoms with van der Waals surface area (Å²) in [7, 11) is -3.32. The topological polar surface area (TPSA) is 97.4 Å². The van der Waals surface area contributed by atoms with Crippen LogP contribution in [-0.4, -0.2) is 38.7 Å². The molecule has 0 aliphatic carbocycles. The van der Waals surface area contributed by atoms with Crippen molar-refractivity contribution in [1.29, 1.82) is 0 Å². The van der Waals surface area contributed by atoms with Gasteiger partial charge in [0.25, 0.3) is 5.91 Å². The van der Waals surface area contributed by atoms with Crippen molar-refractivity contribution < 1.29 is 17.9 Å². The number of pyridine rings is 1. The maximum atomic E-state index is 12.6. The number of benzene rings is 1. The van der Waals surface area contributed by atoms with E-state index in [0.29, 0.717) is 16.3 Å². The van der Waals surface area contributed by atoms with Crippen molar-refractivity contribution in [3.8, 4) is 0 Å². The third kappa shape index (κ3) is 6.79. The highest BCUT2D eigenvalue weighted by molar-refractivity contribution is 7.88. The summed E-state index contributed by atoms with van der Waals surface area (Å²) >= 11 is 5.99. The van der Waals surface area contributed by atoms with Crippen molar-refractivity contribution >= 4 is 33.2 Å². The van der Waals surface area contributed by atoms with Gasteiger partial charge in [0.1, 0.15) is 0 Å². The lowest BCUT2D eigenvalue weighted by molar-refractivity contribution is -0.127. The van der Waals surface area contributed by atoms with Crippen LogP contribution in [0.15, 0.2) is 48.8 Å². The summed E-state index contributed by atoms with van der Waals surface area (Å²) in [5.41, 5.74) is 1.09. The highest BCUT2D eigenvalue weighted by atomic mass is 35.5. The Morgan fingerprint density at radius 2 is 2.12 bits per heavy atom. The molecule has 2 rings (SSSR count). The van der Waals surface area contributed by atoms with Crippen LogP contribution >= 0.6 is 11.6 Å². The molecule has 7 nitrogen and oxygen atoms in total. The van der Waals surface area contributed by atoms with Crippen LogP contribution < -0.4 is 10.0 Å². The molecule has 1 unspecified atom stereocenters. The predicted molar refractivity (Wildman–Crippen MR) is 95.9 cm³/mol. The first-order valence-electron chi connectivity index (χ1n) is 7.38. The van der Waals surface area contributed by atoms with Gasteiger partial charge < -0.3 is 10.1 Å². The Morgan fingerprint density at radius 3 is 2.76 bits per heavy atom. The molecule has 0 bridgehead atoms. The van der Waals surface area contributed by atoms with Gasteiger partial charge in [0.2, 0.25) is 10.0 Å². The van der Waals surface area contributed by atoms with Crippen molar-refractivity contribution in [1.82, 2.24) is 9.71 Å². The molecule has 1 atom stereocenters. The fourth-order valence-corrected chi connectivity index (χ4v) is 2.69. The Labute approximate surface area is 151 Å². The summed E-state index contributed by atoms with van der Waals surface area (Å²) in [6.07, 6.45) is 3.21. The average Bonchev–Trinajstić information content (AvgIpc) is 2.54. The van der Waals surface area contributed by atoms with E-state index < -0.39 is 22.0 Å². The molecule has 1 heterocycles. The summed E-state index contributed by atoms with van der Waals surface area (Å²) in [5, 5.41) is 3.18. The van der Waals surface area contributed by atoms with E-state index in [4.69, 9.17) is 16.3 Å². The van der Waals surface area contributed by atoms with E-state index >= 15 is 0 Å². The molecule has 0 radical (unpaired) electrons. The zero-order valence-corrected chi connectivity index (χ0v) is 15.0.